The van der Waals surface area contributed by atoms with E-state index in [0.717, 1.165) is 12.1 Å². The number of hydrogen-bond donors (Lipinski definition) is 2. The Kier molecular flexibility index (Phi) is 5.86. The monoisotopic (exact) mass is 366 g/mol. The standard InChI is InChI=1S/C18H17F3N2O3/c1-11(26-16-5-3-4-15(10-16)22-12(2)24)17(25)23-14-8-6-13(7-9-14)18(19,20)21/h3-11H,1-2H3,(H,22,24)(H,23,25)/t11-/m0/s1. The van der Waals surface area contributed by atoms with Gasteiger partial charge in [-0.1, -0.05) is 6.07 Å². The summed E-state index contributed by atoms with van der Waals surface area (Å²) in [5, 5.41) is 5.08. The van der Waals surface area contributed by atoms with Crippen molar-refractivity contribution in [3.63, 3.8) is 0 Å². The first-order chi connectivity index (χ1) is 12.1. The number of anilines is 2. The largest absolute Gasteiger partial charge is 0.481 e. The number of alkyl halides is 3. The van der Waals surface area contributed by atoms with Crippen LogP contribution >= 0.6 is 0 Å². The maximum Gasteiger partial charge on any atom is 0.416 e. The molecule has 0 saturated heterocycles. The predicted molar refractivity (Wildman–Crippen MR) is 90.9 cm³/mol. The number of halogens is 3. The summed E-state index contributed by atoms with van der Waals surface area (Å²) in [5.41, 5.74) is -0.0506. The van der Waals surface area contributed by atoms with E-state index < -0.39 is 23.8 Å². The fourth-order valence-corrected chi connectivity index (χ4v) is 2.09. The molecule has 0 bridgehead atoms. The van der Waals surface area contributed by atoms with Crippen LogP contribution in [0.15, 0.2) is 48.5 Å². The van der Waals surface area contributed by atoms with Crippen LogP contribution in [-0.2, 0) is 15.8 Å². The molecule has 0 aliphatic heterocycles. The summed E-state index contributed by atoms with van der Waals surface area (Å²) in [7, 11) is 0. The van der Waals surface area contributed by atoms with Gasteiger partial charge in [0.15, 0.2) is 6.10 Å². The molecular formula is C18H17F3N2O3. The Bertz CT molecular complexity index is 789. The van der Waals surface area contributed by atoms with Crippen LogP contribution in [0.1, 0.15) is 19.4 Å². The van der Waals surface area contributed by atoms with Crippen molar-refractivity contribution in [2.24, 2.45) is 0 Å². The molecule has 0 unspecified atom stereocenters. The number of hydrogen-bond acceptors (Lipinski definition) is 3. The van der Waals surface area contributed by atoms with Crippen LogP contribution in [0, 0.1) is 0 Å². The Hall–Kier alpha value is -3.03. The van der Waals surface area contributed by atoms with Crippen LogP contribution in [-0.4, -0.2) is 17.9 Å². The Balaban J connectivity index is 1.98. The van der Waals surface area contributed by atoms with Gasteiger partial charge in [-0.05, 0) is 43.3 Å². The summed E-state index contributed by atoms with van der Waals surface area (Å²) in [6, 6.07) is 10.6. The minimum absolute atomic E-state index is 0.227. The van der Waals surface area contributed by atoms with E-state index in [1.807, 2.05) is 0 Å². The lowest BCUT2D eigenvalue weighted by Crippen LogP contribution is -2.30. The summed E-state index contributed by atoms with van der Waals surface area (Å²) >= 11 is 0. The van der Waals surface area contributed by atoms with Gasteiger partial charge < -0.3 is 15.4 Å². The number of rotatable bonds is 5. The second kappa shape index (κ2) is 7.90. The summed E-state index contributed by atoms with van der Waals surface area (Å²) in [4.78, 5) is 23.2. The molecule has 0 saturated carbocycles. The van der Waals surface area contributed by atoms with Crippen molar-refractivity contribution in [1.82, 2.24) is 0 Å². The van der Waals surface area contributed by atoms with Gasteiger partial charge in [0.25, 0.3) is 5.91 Å². The van der Waals surface area contributed by atoms with Crippen LogP contribution in [0.3, 0.4) is 0 Å². The van der Waals surface area contributed by atoms with Gasteiger partial charge in [0.1, 0.15) is 5.75 Å². The van der Waals surface area contributed by atoms with Crippen LogP contribution in [0.25, 0.3) is 0 Å². The molecule has 0 aliphatic carbocycles. The fraction of sp³-hybridized carbons (Fsp3) is 0.222. The maximum atomic E-state index is 12.5. The first kappa shape index (κ1) is 19.3. The van der Waals surface area contributed by atoms with Gasteiger partial charge in [-0.25, -0.2) is 0 Å². The van der Waals surface area contributed by atoms with Crippen molar-refractivity contribution in [1.29, 1.82) is 0 Å². The van der Waals surface area contributed by atoms with Gasteiger partial charge in [-0.3, -0.25) is 9.59 Å². The number of amides is 2. The predicted octanol–water partition coefficient (Wildman–Crippen LogP) is 4.07. The minimum Gasteiger partial charge on any atom is -0.481 e. The molecule has 1 atom stereocenters. The second-order valence-corrected chi connectivity index (χ2v) is 5.53. The van der Waals surface area contributed by atoms with Crippen molar-refractivity contribution in [2.45, 2.75) is 26.1 Å². The van der Waals surface area contributed by atoms with Crippen molar-refractivity contribution in [2.75, 3.05) is 10.6 Å². The van der Waals surface area contributed by atoms with Crippen molar-refractivity contribution in [3.8, 4) is 5.75 Å². The molecule has 2 amide bonds. The Morgan fingerprint density at radius 3 is 2.23 bits per heavy atom. The molecule has 138 valence electrons. The number of benzene rings is 2. The molecule has 26 heavy (non-hydrogen) atoms. The number of carbonyl (C=O) groups excluding carboxylic acids is 2. The zero-order valence-corrected chi connectivity index (χ0v) is 14.1. The van der Waals surface area contributed by atoms with Gasteiger partial charge in [0.05, 0.1) is 5.56 Å². The highest BCUT2D eigenvalue weighted by atomic mass is 19.4. The zero-order valence-electron chi connectivity index (χ0n) is 14.1. The molecular weight excluding hydrogens is 349 g/mol. The van der Waals surface area contributed by atoms with Crippen LogP contribution in [0.4, 0.5) is 24.5 Å². The summed E-state index contributed by atoms with van der Waals surface area (Å²) in [6.07, 6.45) is -5.33. The molecule has 0 aliphatic rings. The fourth-order valence-electron chi connectivity index (χ4n) is 2.09. The first-order valence-corrected chi connectivity index (χ1v) is 7.67. The summed E-state index contributed by atoms with van der Waals surface area (Å²) in [5.74, 6) is -0.392. The zero-order chi connectivity index (χ0) is 19.3. The maximum absolute atomic E-state index is 12.5. The Morgan fingerprint density at radius 2 is 1.65 bits per heavy atom. The van der Waals surface area contributed by atoms with E-state index in [-0.39, 0.29) is 11.6 Å². The van der Waals surface area contributed by atoms with Gasteiger partial charge in [-0.2, -0.15) is 13.2 Å². The molecule has 2 N–H and O–H groups in total. The van der Waals surface area contributed by atoms with Gasteiger partial charge in [-0.15, -0.1) is 0 Å². The minimum atomic E-state index is -4.43. The normalized spacial score (nSPS) is 12.2. The van der Waals surface area contributed by atoms with Crippen molar-refractivity contribution in [3.05, 3.63) is 54.1 Å². The second-order valence-electron chi connectivity index (χ2n) is 5.53. The third kappa shape index (κ3) is 5.51. The lowest BCUT2D eigenvalue weighted by molar-refractivity contribution is -0.137. The molecule has 8 heteroatoms. The molecule has 0 radical (unpaired) electrons. The van der Waals surface area contributed by atoms with Gasteiger partial charge in [0.2, 0.25) is 5.91 Å². The SMILES string of the molecule is CC(=O)Nc1cccc(O[C@@H](C)C(=O)Nc2ccc(C(F)(F)F)cc2)c1. The first-order valence-electron chi connectivity index (χ1n) is 7.67. The topological polar surface area (TPSA) is 67.4 Å². The van der Waals surface area contributed by atoms with E-state index in [9.17, 15) is 22.8 Å². The number of carbonyl (C=O) groups is 2. The Labute approximate surface area is 148 Å². The van der Waals surface area contributed by atoms with Crippen LogP contribution in [0.2, 0.25) is 0 Å². The summed E-state index contributed by atoms with van der Waals surface area (Å²) in [6.45, 7) is 2.87. The van der Waals surface area contributed by atoms with E-state index in [2.05, 4.69) is 10.6 Å². The number of nitrogens with one attached hydrogen (secondary N) is 2. The lowest BCUT2D eigenvalue weighted by atomic mass is 10.2. The summed E-state index contributed by atoms with van der Waals surface area (Å²) < 4.78 is 43.1. The van der Waals surface area contributed by atoms with E-state index in [1.165, 1.54) is 26.0 Å². The highest BCUT2D eigenvalue weighted by Gasteiger charge is 2.30. The van der Waals surface area contributed by atoms with Gasteiger partial charge in [0, 0.05) is 24.4 Å². The van der Waals surface area contributed by atoms with E-state index in [0.29, 0.717) is 11.4 Å². The third-order valence-corrected chi connectivity index (χ3v) is 3.32. The number of ether oxygens (including phenoxy) is 1. The average Bonchev–Trinajstić information content (AvgIpc) is 2.54. The molecule has 2 aromatic carbocycles. The molecule has 0 spiro atoms. The smallest absolute Gasteiger partial charge is 0.416 e. The Morgan fingerprint density at radius 1 is 1.00 bits per heavy atom. The molecule has 0 fully saturated rings. The van der Waals surface area contributed by atoms with E-state index in [4.69, 9.17) is 4.74 Å². The van der Waals surface area contributed by atoms with E-state index in [1.54, 1.807) is 24.3 Å². The third-order valence-electron chi connectivity index (χ3n) is 3.32. The molecule has 0 heterocycles. The van der Waals surface area contributed by atoms with Crippen molar-refractivity contribution >= 4 is 23.2 Å². The van der Waals surface area contributed by atoms with E-state index >= 15 is 0 Å². The van der Waals surface area contributed by atoms with Crippen molar-refractivity contribution < 1.29 is 27.5 Å². The highest BCUT2D eigenvalue weighted by molar-refractivity contribution is 5.94. The molecule has 0 aromatic heterocycles. The highest BCUT2D eigenvalue weighted by Crippen LogP contribution is 2.29. The lowest BCUT2D eigenvalue weighted by Gasteiger charge is -2.16. The molecule has 2 rings (SSSR count). The van der Waals surface area contributed by atoms with Crippen LogP contribution < -0.4 is 15.4 Å². The average molecular weight is 366 g/mol. The van der Waals surface area contributed by atoms with Crippen LogP contribution in [0.5, 0.6) is 5.75 Å². The van der Waals surface area contributed by atoms with Gasteiger partial charge >= 0.3 is 6.18 Å². The molecule has 2 aromatic rings. The molecule has 5 nitrogen and oxygen atoms in total. The quantitative estimate of drug-likeness (QED) is 0.838.